The zero-order valence-corrected chi connectivity index (χ0v) is 13.0. The van der Waals surface area contributed by atoms with Crippen LogP contribution in [0.25, 0.3) is 0 Å². The summed E-state index contributed by atoms with van der Waals surface area (Å²) < 4.78 is 31.6. The van der Waals surface area contributed by atoms with Crippen molar-refractivity contribution in [2.75, 3.05) is 60.0 Å². The van der Waals surface area contributed by atoms with E-state index in [0.717, 1.165) is 6.08 Å². The maximum absolute atomic E-state index is 12.2. The molecular formula is C15H20O8. The van der Waals surface area contributed by atoms with E-state index in [1.165, 1.54) is 7.11 Å². The summed E-state index contributed by atoms with van der Waals surface area (Å²) in [6.45, 7) is 2.45. The van der Waals surface area contributed by atoms with Gasteiger partial charge in [0.25, 0.3) is 5.78 Å². The Labute approximate surface area is 133 Å². The van der Waals surface area contributed by atoms with Gasteiger partial charge in [-0.3, -0.25) is 9.59 Å². The van der Waals surface area contributed by atoms with Crippen molar-refractivity contribution in [3.05, 3.63) is 23.4 Å². The maximum Gasteiger partial charge on any atom is 0.266 e. The van der Waals surface area contributed by atoms with Gasteiger partial charge >= 0.3 is 0 Å². The van der Waals surface area contributed by atoms with Crippen LogP contribution in [0.15, 0.2) is 23.4 Å². The van der Waals surface area contributed by atoms with Crippen molar-refractivity contribution in [3.63, 3.8) is 0 Å². The molecule has 0 atom stereocenters. The number of methoxy groups -OCH3 is 1. The highest BCUT2D eigenvalue weighted by atomic mass is 16.6. The Hall–Kier alpha value is -1.90. The molecule has 0 spiro atoms. The van der Waals surface area contributed by atoms with E-state index in [-0.39, 0.29) is 43.7 Å². The van der Waals surface area contributed by atoms with E-state index in [1.807, 2.05) is 0 Å². The molecule has 1 heterocycles. The molecule has 0 N–H and O–H groups in total. The SMILES string of the molecule is COC1=CC(=O)C2=C(OCCOCCOCCOCCO2)C1=O. The van der Waals surface area contributed by atoms with Gasteiger partial charge in [-0.15, -0.1) is 0 Å². The standard InChI is InChI=1S/C15H20O8/c1-18-12-10-11(16)14-15(13(12)17)23-9-7-21-5-3-19-2-4-20-6-8-22-14/h10H,2-9H2,1H3. The van der Waals surface area contributed by atoms with Gasteiger partial charge in [0.2, 0.25) is 17.3 Å². The number of carbonyl (C=O) groups is 2. The van der Waals surface area contributed by atoms with Gasteiger partial charge in [-0.2, -0.15) is 0 Å². The van der Waals surface area contributed by atoms with E-state index in [1.54, 1.807) is 0 Å². The lowest BCUT2D eigenvalue weighted by Crippen LogP contribution is -2.25. The molecule has 0 unspecified atom stereocenters. The van der Waals surface area contributed by atoms with Crippen LogP contribution in [0.3, 0.4) is 0 Å². The number of Topliss-reactive ketones (excluding diaryl/α,β-unsaturated/α-hetero) is 1. The van der Waals surface area contributed by atoms with Gasteiger partial charge in [0, 0.05) is 6.08 Å². The highest BCUT2D eigenvalue weighted by molar-refractivity contribution is 6.20. The minimum Gasteiger partial charge on any atom is -0.492 e. The first-order valence-electron chi connectivity index (χ1n) is 7.32. The van der Waals surface area contributed by atoms with Crippen molar-refractivity contribution in [1.82, 2.24) is 0 Å². The summed E-state index contributed by atoms with van der Waals surface area (Å²) in [5, 5.41) is 0. The van der Waals surface area contributed by atoms with Gasteiger partial charge in [-0.25, -0.2) is 0 Å². The Bertz CT molecular complexity index is 494. The van der Waals surface area contributed by atoms with Crippen LogP contribution in [-0.2, 0) is 38.0 Å². The average molecular weight is 328 g/mol. The minimum absolute atomic E-state index is 0.0826. The molecular weight excluding hydrogens is 308 g/mol. The molecule has 23 heavy (non-hydrogen) atoms. The number of allylic oxidation sites excluding steroid dienone is 1. The van der Waals surface area contributed by atoms with Crippen LogP contribution < -0.4 is 0 Å². The molecule has 1 aliphatic heterocycles. The van der Waals surface area contributed by atoms with Gasteiger partial charge in [0.1, 0.15) is 13.2 Å². The van der Waals surface area contributed by atoms with Gasteiger partial charge in [0.15, 0.2) is 5.76 Å². The Morgan fingerprint density at radius 1 is 0.783 bits per heavy atom. The van der Waals surface area contributed by atoms with Crippen molar-refractivity contribution >= 4 is 11.6 Å². The van der Waals surface area contributed by atoms with Crippen LogP contribution in [0.4, 0.5) is 0 Å². The van der Waals surface area contributed by atoms with E-state index in [0.29, 0.717) is 26.4 Å². The molecule has 0 aromatic rings. The molecule has 0 saturated heterocycles. The lowest BCUT2D eigenvalue weighted by atomic mass is 10.1. The first-order chi connectivity index (χ1) is 11.2. The summed E-state index contributed by atoms with van der Waals surface area (Å²) in [6, 6.07) is 0. The van der Waals surface area contributed by atoms with E-state index in [4.69, 9.17) is 28.4 Å². The van der Waals surface area contributed by atoms with Gasteiger partial charge in [-0.05, 0) is 0 Å². The highest BCUT2D eigenvalue weighted by Crippen LogP contribution is 2.21. The van der Waals surface area contributed by atoms with Crippen molar-refractivity contribution in [2.24, 2.45) is 0 Å². The smallest absolute Gasteiger partial charge is 0.266 e. The summed E-state index contributed by atoms with van der Waals surface area (Å²) in [5.41, 5.74) is 0. The van der Waals surface area contributed by atoms with Crippen LogP contribution in [0.2, 0.25) is 0 Å². The van der Waals surface area contributed by atoms with Crippen LogP contribution in [0.1, 0.15) is 0 Å². The second-order valence-electron chi connectivity index (χ2n) is 4.60. The highest BCUT2D eigenvalue weighted by Gasteiger charge is 2.32. The monoisotopic (exact) mass is 328 g/mol. The quantitative estimate of drug-likeness (QED) is 0.620. The molecule has 8 heteroatoms. The summed E-state index contributed by atoms with van der Waals surface area (Å²) in [5.74, 6) is -1.39. The number of carbonyl (C=O) groups excluding carboxylic acids is 2. The van der Waals surface area contributed by atoms with Crippen LogP contribution in [0, 0.1) is 0 Å². The zero-order valence-electron chi connectivity index (χ0n) is 13.0. The molecule has 2 rings (SSSR count). The number of hydrogen-bond donors (Lipinski definition) is 0. The molecule has 0 bridgehead atoms. The molecule has 0 amide bonds. The normalized spacial score (nSPS) is 22.0. The molecule has 0 fully saturated rings. The second kappa shape index (κ2) is 9.29. The number of ketones is 2. The molecule has 0 saturated carbocycles. The summed E-state index contributed by atoms with van der Waals surface area (Å²) in [7, 11) is 1.31. The molecule has 0 aromatic carbocycles. The van der Waals surface area contributed by atoms with Crippen molar-refractivity contribution in [1.29, 1.82) is 0 Å². The van der Waals surface area contributed by atoms with Crippen molar-refractivity contribution < 1.29 is 38.0 Å². The molecule has 128 valence electrons. The number of hydrogen-bond acceptors (Lipinski definition) is 8. The largest absolute Gasteiger partial charge is 0.492 e. The van der Waals surface area contributed by atoms with E-state index < -0.39 is 11.6 Å². The summed E-state index contributed by atoms with van der Waals surface area (Å²) in [6.07, 6.45) is 1.09. The predicted molar refractivity (Wildman–Crippen MR) is 76.5 cm³/mol. The molecule has 0 aromatic heterocycles. The predicted octanol–water partition coefficient (Wildman–Crippen LogP) is -0.0233. The Morgan fingerprint density at radius 3 is 1.78 bits per heavy atom. The van der Waals surface area contributed by atoms with E-state index >= 15 is 0 Å². The van der Waals surface area contributed by atoms with Crippen molar-refractivity contribution in [2.45, 2.75) is 0 Å². The molecule has 0 radical (unpaired) electrons. The lowest BCUT2D eigenvalue weighted by molar-refractivity contribution is -0.124. The Kier molecular flexibility index (Phi) is 7.05. The first kappa shape index (κ1) is 17.5. The Morgan fingerprint density at radius 2 is 1.26 bits per heavy atom. The van der Waals surface area contributed by atoms with Gasteiger partial charge < -0.3 is 28.4 Å². The summed E-state index contributed by atoms with van der Waals surface area (Å²) >= 11 is 0. The Balaban J connectivity index is 2.08. The zero-order chi connectivity index (χ0) is 16.5. The van der Waals surface area contributed by atoms with Crippen LogP contribution in [-0.4, -0.2) is 71.5 Å². The third-order valence-corrected chi connectivity index (χ3v) is 3.03. The fourth-order valence-corrected chi connectivity index (χ4v) is 1.94. The first-order valence-corrected chi connectivity index (χ1v) is 7.32. The maximum atomic E-state index is 12.2. The van der Waals surface area contributed by atoms with Gasteiger partial charge in [0.05, 0.1) is 46.8 Å². The third-order valence-electron chi connectivity index (χ3n) is 3.03. The fourth-order valence-electron chi connectivity index (χ4n) is 1.94. The molecule has 2 aliphatic rings. The van der Waals surface area contributed by atoms with Crippen LogP contribution >= 0.6 is 0 Å². The van der Waals surface area contributed by atoms with Gasteiger partial charge in [-0.1, -0.05) is 0 Å². The topological polar surface area (TPSA) is 89.5 Å². The molecule has 8 nitrogen and oxygen atoms in total. The number of rotatable bonds is 1. The lowest BCUT2D eigenvalue weighted by Gasteiger charge is -2.19. The third kappa shape index (κ3) is 5.05. The number of ether oxygens (including phenoxy) is 6. The minimum atomic E-state index is -0.532. The second-order valence-corrected chi connectivity index (χ2v) is 4.60. The average Bonchev–Trinajstić information content (AvgIpc) is 2.56. The summed E-state index contributed by atoms with van der Waals surface area (Å²) in [4.78, 5) is 24.3. The van der Waals surface area contributed by atoms with Crippen molar-refractivity contribution in [3.8, 4) is 0 Å². The molecule has 1 aliphatic carbocycles. The van der Waals surface area contributed by atoms with E-state index in [2.05, 4.69) is 0 Å². The van der Waals surface area contributed by atoms with E-state index in [9.17, 15) is 9.59 Å². The van der Waals surface area contributed by atoms with Crippen LogP contribution in [0.5, 0.6) is 0 Å². The fraction of sp³-hybridized carbons (Fsp3) is 0.600.